The molecule has 0 aromatic carbocycles. The van der Waals surface area contributed by atoms with E-state index in [0.29, 0.717) is 0 Å². The van der Waals surface area contributed by atoms with Gasteiger partial charge in [0.25, 0.3) is 0 Å². The molecule has 94 valence electrons. The Kier molecular flexibility index (Phi) is 4.34. The van der Waals surface area contributed by atoms with Crippen LogP contribution in [-0.2, 0) is 6.54 Å². The molecule has 0 aliphatic carbocycles. The number of aromatic nitrogens is 2. The van der Waals surface area contributed by atoms with Crippen LogP contribution in [-0.4, -0.2) is 28.7 Å². The van der Waals surface area contributed by atoms with Crippen molar-refractivity contribution in [3.05, 3.63) is 16.4 Å². The Morgan fingerprint density at radius 1 is 1.71 bits per heavy atom. The van der Waals surface area contributed by atoms with Crippen molar-refractivity contribution < 1.29 is 4.79 Å². The summed E-state index contributed by atoms with van der Waals surface area (Å²) in [4.78, 5) is 12.4. The number of nitrogens with one attached hydrogen (secondary N) is 1. The molecule has 1 aromatic heterocycles. The summed E-state index contributed by atoms with van der Waals surface area (Å²) in [5, 5.41) is 7.53. The second kappa shape index (κ2) is 5.78. The monoisotopic (exact) mass is 299 g/mol. The molecule has 2 heterocycles. The second-order valence-electron chi connectivity index (χ2n) is 4.47. The van der Waals surface area contributed by atoms with Gasteiger partial charge >= 0.3 is 0 Å². The van der Waals surface area contributed by atoms with Crippen LogP contribution in [0.25, 0.3) is 0 Å². The number of hydrogen-bond donors (Lipinski definition) is 1. The van der Waals surface area contributed by atoms with Gasteiger partial charge in [-0.15, -0.1) is 0 Å². The van der Waals surface area contributed by atoms with E-state index in [1.807, 2.05) is 4.68 Å². The molecule has 1 N–H and O–H groups in total. The van der Waals surface area contributed by atoms with Gasteiger partial charge in [-0.05, 0) is 41.7 Å². The van der Waals surface area contributed by atoms with Crippen molar-refractivity contribution >= 4 is 21.7 Å². The van der Waals surface area contributed by atoms with Crippen molar-refractivity contribution in [2.45, 2.75) is 32.7 Å². The lowest BCUT2D eigenvalue weighted by molar-refractivity contribution is 0.0887. The van der Waals surface area contributed by atoms with Crippen LogP contribution in [0.1, 0.15) is 36.7 Å². The molecule has 17 heavy (non-hydrogen) atoms. The third-order valence-electron chi connectivity index (χ3n) is 3.13. The van der Waals surface area contributed by atoms with Crippen LogP contribution in [0.4, 0.5) is 0 Å². The third-order valence-corrected chi connectivity index (χ3v) is 3.71. The average Bonchev–Trinajstić information content (AvgIpc) is 2.71. The van der Waals surface area contributed by atoms with E-state index < -0.39 is 0 Å². The highest BCUT2D eigenvalue weighted by Gasteiger charge is 2.26. The van der Waals surface area contributed by atoms with Crippen LogP contribution in [0.5, 0.6) is 0 Å². The molecule has 1 atom stereocenters. The van der Waals surface area contributed by atoms with Gasteiger partial charge < -0.3 is 5.32 Å². The van der Waals surface area contributed by atoms with Gasteiger partial charge in [-0.2, -0.15) is 5.10 Å². The number of nitrogens with zero attached hydrogens (tertiary/aromatic N) is 2. The summed E-state index contributed by atoms with van der Waals surface area (Å²) in [6.45, 7) is 4.71. The largest absolute Gasteiger partial charge is 0.316 e. The van der Waals surface area contributed by atoms with Crippen molar-refractivity contribution in [2.75, 3.05) is 13.1 Å². The average molecular weight is 300 g/mol. The maximum Gasteiger partial charge on any atom is 0.186 e. The standard InChI is InChI=1S/C12H18BrN3O/c1-2-6-16-11(10(13)8-15-16)12(17)9-4-3-5-14-7-9/h8-9,14H,2-7H2,1H3. The van der Waals surface area contributed by atoms with E-state index in [0.717, 1.165) is 49.1 Å². The maximum atomic E-state index is 12.4. The molecule has 0 spiro atoms. The van der Waals surface area contributed by atoms with Crippen LogP contribution in [0, 0.1) is 5.92 Å². The normalized spacial score (nSPS) is 20.5. The molecular weight excluding hydrogens is 282 g/mol. The summed E-state index contributed by atoms with van der Waals surface area (Å²) in [5.41, 5.74) is 0.737. The summed E-state index contributed by atoms with van der Waals surface area (Å²) in [6, 6.07) is 0. The summed E-state index contributed by atoms with van der Waals surface area (Å²) in [7, 11) is 0. The van der Waals surface area contributed by atoms with Crippen LogP contribution in [0.3, 0.4) is 0 Å². The Bertz CT molecular complexity index is 396. The number of ketones is 1. The third kappa shape index (κ3) is 2.77. The molecule has 2 rings (SSSR count). The van der Waals surface area contributed by atoms with Crippen LogP contribution in [0.2, 0.25) is 0 Å². The van der Waals surface area contributed by atoms with Crippen LogP contribution < -0.4 is 5.32 Å². The molecule has 0 bridgehead atoms. The Morgan fingerprint density at radius 2 is 2.53 bits per heavy atom. The molecule has 0 saturated carbocycles. The lowest BCUT2D eigenvalue weighted by Gasteiger charge is -2.21. The minimum absolute atomic E-state index is 0.104. The molecule has 1 aliphatic rings. The number of hydrogen-bond acceptors (Lipinski definition) is 3. The Hall–Kier alpha value is -0.680. The molecular formula is C12H18BrN3O. The van der Waals surface area contributed by atoms with Gasteiger partial charge in [0.1, 0.15) is 5.69 Å². The van der Waals surface area contributed by atoms with E-state index >= 15 is 0 Å². The fraction of sp³-hybridized carbons (Fsp3) is 0.667. The van der Waals surface area contributed by atoms with Gasteiger partial charge in [0, 0.05) is 19.0 Å². The topological polar surface area (TPSA) is 46.9 Å². The van der Waals surface area contributed by atoms with Gasteiger partial charge in [-0.25, -0.2) is 0 Å². The first-order chi connectivity index (χ1) is 8.24. The van der Waals surface area contributed by atoms with Crippen molar-refractivity contribution in [1.82, 2.24) is 15.1 Å². The fourth-order valence-corrected chi connectivity index (χ4v) is 2.75. The zero-order valence-electron chi connectivity index (χ0n) is 10.1. The van der Waals surface area contributed by atoms with E-state index in [-0.39, 0.29) is 11.7 Å². The number of Topliss-reactive ketones (excluding diaryl/α,β-unsaturated/α-hetero) is 1. The smallest absolute Gasteiger partial charge is 0.186 e. The van der Waals surface area contributed by atoms with Crippen molar-refractivity contribution in [3.63, 3.8) is 0 Å². The van der Waals surface area contributed by atoms with Crippen LogP contribution in [0.15, 0.2) is 10.7 Å². The van der Waals surface area contributed by atoms with Gasteiger partial charge in [-0.1, -0.05) is 6.92 Å². The minimum Gasteiger partial charge on any atom is -0.316 e. The lowest BCUT2D eigenvalue weighted by Crippen LogP contribution is -2.35. The SMILES string of the molecule is CCCn1ncc(Br)c1C(=O)C1CCCNC1. The highest BCUT2D eigenvalue weighted by molar-refractivity contribution is 9.10. The van der Waals surface area contributed by atoms with Gasteiger partial charge in [0.05, 0.1) is 10.7 Å². The van der Waals surface area contributed by atoms with E-state index in [1.54, 1.807) is 6.20 Å². The predicted molar refractivity (Wildman–Crippen MR) is 70.1 cm³/mol. The first-order valence-corrected chi connectivity index (χ1v) is 6.99. The molecule has 0 amide bonds. The zero-order valence-corrected chi connectivity index (χ0v) is 11.7. The van der Waals surface area contributed by atoms with E-state index in [4.69, 9.17) is 0 Å². The van der Waals surface area contributed by atoms with Gasteiger partial charge in [0.2, 0.25) is 0 Å². The van der Waals surface area contributed by atoms with E-state index in [9.17, 15) is 4.79 Å². The maximum absolute atomic E-state index is 12.4. The van der Waals surface area contributed by atoms with Gasteiger partial charge in [-0.3, -0.25) is 9.48 Å². The van der Waals surface area contributed by atoms with E-state index in [2.05, 4.69) is 33.3 Å². The highest BCUT2D eigenvalue weighted by atomic mass is 79.9. The lowest BCUT2D eigenvalue weighted by atomic mass is 9.93. The van der Waals surface area contributed by atoms with Gasteiger partial charge in [0.15, 0.2) is 5.78 Å². The van der Waals surface area contributed by atoms with Crippen molar-refractivity contribution in [3.8, 4) is 0 Å². The number of piperidine rings is 1. The zero-order chi connectivity index (χ0) is 12.3. The first kappa shape index (κ1) is 12.8. The second-order valence-corrected chi connectivity index (χ2v) is 5.33. The minimum atomic E-state index is 0.104. The molecule has 4 nitrogen and oxygen atoms in total. The molecule has 1 aromatic rings. The summed E-state index contributed by atoms with van der Waals surface area (Å²) < 4.78 is 2.64. The fourth-order valence-electron chi connectivity index (χ4n) is 2.26. The Balaban J connectivity index is 2.19. The molecule has 5 heteroatoms. The number of halogens is 1. The molecule has 1 aliphatic heterocycles. The van der Waals surface area contributed by atoms with E-state index in [1.165, 1.54) is 0 Å². The molecule has 1 fully saturated rings. The molecule has 0 radical (unpaired) electrons. The Morgan fingerprint density at radius 3 is 3.18 bits per heavy atom. The first-order valence-electron chi connectivity index (χ1n) is 6.20. The van der Waals surface area contributed by atoms with Crippen molar-refractivity contribution in [2.24, 2.45) is 5.92 Å². The quantitative estimate of drug-likeness (QED) is 0.868. The number of carbonyl (C=O) groups is 1. The van der Waals surface area contributed by atoms with Crippen LogP contribution >= 0.6 is 15.9 Å². The number of rotatable bonds is 4. The number of aryl methyl sites for hydroxylation is 1. The summed E-state index contributed by atoms with van der Waals surface area (Å²) in [5.74, 6) is 0.322. The summed E-state index contributed by atoms with van der Waals surface area (Å²) >= 11 is 3.43. The summed E-state index contributed by atoms with van der Waals surface area (Å²) in [6.07, 6.45) is 4.77. The molecule has 1 unspecified atom stereocenters. The van der Waals surface area contributed by atoms with Crippen molar-refractivity contribution in [1.29, 1.82) is 0 Å². The predicted octanol–water partition coefficient (Wildman–Crippen LogP) is 2.24. The highest BCUT2D eigenvalue weighted by Crippen LogP contribution is 2.23. The molecule has 1 saturated heterocycles. The Labute approximate surface area is 110 Å². The number of carbonyl (C=O) groups excluding carboxylic acids is 1.